The van der Waals surface area contributed by atoms with Gasteiger partial charge in [0.1, 0.15) is 0 Å². The van der Waals surface area contributed by atoms with Gasteiger partial charge in [0.2, 0.25) is 0 Å². The van der Waals surface area contributed by atoms with Gasteiger partial charge in [-0.25, -0.2) is 0 Å². The monoisotopic (exact) mass is 427 g/mol. The van der Waals surface area contributed by atoms with Gasteiger partial charge in [-0.15, -0.1) is 0 Å². The van der Waals surface area contributed by atoms with E-state index >= 15 is 0 Å². The standard InChI is InChI=1S/C21H32F3N5O/c1-25-19(30)18-5-3-4-17(14-18)7-11-28-20(26-2)27-10-6-16-8-12-29(13-9-16)15-21(22,23)24/h3-5,14,16H,6-13,15H2,1-2H3,(H,25,30)(H2,26,27,28). The molecule has 1 aliphatic heterocycles. The van der Waals surface area contributed by atoms with Crippen molar-refractivity contribution in [1.29, 1.82) is 0 Å². The second kappa shape index (κ2) is 11.8. The SMILES string of the molecule is CN=C(NCCc1cccc(C(=O)NC)c1)NCCC1CCN(CC(F)(F)F)CC1. The molecule has 1 aliphatic rings. The van der Waals surface area contributed by atoms with E-state index < -0.39 is 12.7 Å². The number of benzene rings is 1. The van der Waals surface area contributed by atoms with Gasteiger partial charge >= 0.3 is 6.18 Å². The predicted octanol–water partition coefficient (Wildman–Crippen LogP) is 2.42. The molecule has 1 heterocycles. The molecular weight excluding hydrogens is 395 g/mol. The molecule has 0 saturated carbocycles. The lowest BCUT2D eigenvalue weighted by Crippen LogP contribution is -2.42. The minimum atomic E-state index is -4.11. The number of aliphatic imine (C=N–C) groups is 1. The zero-order valence-electron chi connectivity index (χ0n) is 17.7. The van der Waals surface area contributed by atoms with Crippen LogP contribution in [0.25, 0.3) is 0 Å². The predicted molar refractivity (Wildman–Crippen MR) is 113 cm³/mol. The Labute approximate surface area is 176 Å². The van der Waals surface area contributed by atoms with E-state index in [1.165, 1.54) is 4.90 Å². The third kappa shape index (κ3) is 8.61. The van der Waals surface area contributed by atoms with Crippen molar-refractivity contribution in [3.05, 3.63) is 35.4 Å². The Hall–Kier alpha value is -2.29. The number of nitrogens with zero attached hydrogens (tertiary/aromatic N) is 2. The van der Waals surface area contributed by atoms with Gasteiger partial charge in [0, 0.05) is 32.7 Å². The first-order valence-electron chi connectivity index (χ1n) is 10.4. The number of carbonyl (C=O) groups is 1. The van der Waals surface area contributed by atoms with Gasteiger partial charge in [0.05, 0.1) is 6.54 Å². The molecule has 0 spiro atoms. The van der Waals surface area contributed by atoms with Crippen LogP contribution in [-0.4, -0.2) is 69.8 Å². The molecule has 168 valence electrons. The molecule has 1 aromatic rings. The minimum Gasteiger partial charge on any atom is -0.356 e. The second-order valence-corrected chi connectivity index (χ2v) is 7.58. The molecule has 30 heavy (non-hydrogen) atoms. The molecule has 0 atom stereocenters. The Balaban J connectivity index is 1.64. The van der Waals surface area contributed by atoms with Gasteiger partial charge in [-0.2, -0.15) is 13.2 Å². The summed E-state index contributed by atoms with van der Waals surface area (Å²) >= 11 is 0. The van der Waals surface area contributed by atoms with E-state index in [1.807, 2.05) is 18.2 Å². The molecule has 1 aromatic carbocycles. The van der Waals surface area contributed by atoms with E-state index in [4.69, 9.17) is 0 Å². The molecule has 0 bridgehead atoms. The highest BCUT2D eigenvalue weighted by Gasteiger charge is 2.32. The fraction of sp³-hybridized carbons (Fsp3) is 0.619. The average molecular weight is 428 g/mol. The normalized spacial score (nSPS) is 16.4. The van der Waals surface area contributed by atoms with E-state index in [0.29, 0.717) is 37.1 Å². The van der Waals surface area contributed by atoms with Crippen molar-refractivity contribution in [2.24, 2.45) is 10.9 Å². The summed E-state index contributed by atoms with van der Waals surface area (Å²) in [5.74, 6) is 1.03. The first-order valence-corrected chi connectivity index (χ1v) is 10.4. The summed E-state index contributed by atoms with van der Waals surface area (Å²) in [6.07, 6.45) is -0.856. The van der Waals surface area contributed by atoms with Gasteiger partial charge < -0.3 is 16.0 Å². The summed E-state index contributed by atoms with van der Waals surface area (Å²) in [6.45, 7) is 1.61. The van der Waals surface area contributed by atoms with E-state index in [2.05, 4.69) is 20.9 Å². The van der Waals surface area contributed by atoms with E-state index in [0.717, 1.165) is 37.8 Å². The summed E-state index contributed by atoms with van der Waals surface area (Å²) < 4.78 is 37.4. The zero-order chi connectivity index (χ0) is 22.0. The molecule has 6 nitrogen and oxygen atoms in total. The summed E-state index contributed by atoms with van der Waals surface area (Å²) in [7, 11) is 3.31. The summed E-state index contributed by atoms with van der Waals surface area (Å²) in [4.78, 5) is 17.4. The lowest BCUT2D eigenvalue weighted by molar-refractivity contribution is -0.148. The quantitative estimate of drug-likeness (QED) is 0.440. The van der Waals surface area contributed by atoms with E-state index in [1.54, 1.807) is 20.2 Å². The number of likely N-dealkylation sites (tertiary alicyclic amines) is 1. The highest BCUT2D eigenvalue weighted by Crippen LogP contribution is 2.23. The smallest absolute Gasteiger partial charge is 0.356 e. The van der Waals surface area contributed by atoms with Gasteiger partial charge in [-0.3, -0.25) is 14.7 Å². The first-order chi connectivity index (χ1) is 14.3. The second-order valence-electron chi connectivity index (χ2n) is 7.58. The van der Waals surface area contributed by atoms with Crippen LogP contribution in [0.4, 0.5) is 13.2 Å². The van der Waals surface area contributed by atoms with Crippen molar-refractivity contribution in [3.8, 4) is 0 Å². The Morgan fingerprint density at radius 3 is 2.53 bits per heavy atom. The molecular formula is C21H32F3N5O. The number of rotatable bonds is 8. The lowest BCUT2D eigenvalue weighted by atomic mass is 9.93. The van der Waals surface area contributed by atoms with Crippen LogP contribution in [0.5, 0.6) is 0 Å². The van der Waals surface area contributed by atoms with Crippen LogP contribution < -0.4 is 16.0 Å². The molecule has 1 amide bonds. The van der Waals surface area contributed by atoms with E-state index in [9.17, 15) is 18.0 Å². The van der Waals surface area contributed by atoms with Crippen LogP contribution >= 0.6 is 0 Å². The van der Waals surface area contributed by atoms with Crippen molar-refractivity contribution in [3.63, 3.8) is 0 Å². The molecule has 2 rings (SSSR count). The summed E-state index contributed by atoms with van der Waals surface area (Å²) in [5, 5.41) is 9.15. The van der Waals surface area contributed by atoms with Gasteiger partial charge in [-0.1, -0.05) is 12.1 Å². The number of hydrogen-bond donors (Lipinski definition) is 3. The third-order valence-electron chi connectivity index (χ3n) is 5.30. The molecule has 0 aromatic heterocycles. The number of piperidine rings is 1. The van der Waals surface area contributed by atoms with Crippen LogP contribution in [0.3, 0.4) is 0 Å². The van der Waals surface area contributed by atoms with Crippen molar-refractivity contribution in [1.82, 2.24) is 20.9 Å². The number of guanidine groups is 1. The van der Waals surface area contributed by atoms with Crippen LogP contribution in [0.1, 0.15) is 35.2 Å². The van der Waals surface area contributed by atoms with Crippen molar-refractivity contribution in [2.75, 3.05) is 46.8 Å². The third-order valence-corrected chi connectivity index (χ3v) is 5.30. The number of carbonyl (C=O) groups excluding carboxylic acids is 1. The molecule has 1 saturated heterocycles. The van der Waals surface area contributed by atoms with Gasteiger partial charge in [0.15, 0.2) is 5.96 Å². The van der Waals surface area contributed by atoms with Gasteiger partial charge in [-0.05, 0) is 62.4 Å². The number of nitrogens with one attached hydrogen (secondary N) is 3. The van der Waals surface area contributed by atoms with Crippen molar-refractivity contribution in [2.45, 2.75) is 31.9 Å². The molecule has 0 radical (unpaired) electrons. The summed E-state index contributed by atoms with van der Waals surface area (Å²) in [5.41, 5.74) is 1.70. The Morgan fingerprint density at radius 2 is 1.90 bits per heavy atom. The molecule has 0 aliphatic carbocycles. The highest BCUT2D eigenvalue weighted by molar-refractivity contribution is 5.94. The fourth-order valence-corrected chi connectivity index (χ4v) is 3.64. The Kier molecular flexibility index (Phi) is 9.42. The van der Waals surface area contributed by atoms with Crippen LogP contribution in [0, 0.1) is 5.92 Å². The van der Waals surface area contributed by atoms with Gasteiger partial charge in [0.25, 0.3) is 5.91 Å². The molecule has 0 unspecified atom stereocenters. The molecule has 3 N–H and O–H groups in total. The zero-order valence-corrected chi connectivity index (χ0v) is 17.7. The topological polar surface area (TPSA) is 68.8 Å². The highest BCUT2D eigenvalue weighted by atomic mass is 19.4. The van der Waals surface area contributed by atoms with Crippen LogP contribution in [0.2, 0.25) is 0 Å². The minimum absolute atomic E-state index is 0.105. The lowest BCUT2D eigenvalue weighted by Gasteiger charge is -2.32. The van der Waals surface area contributed by atoms with Crippen molar-refractivity contribution < 1.29 is 18.0 Å². The maximum atomic E-state index is 12.5. The number of hydrogen-bond acceptors (Lipinski definition) is 3. The first kappa shape index (κ1) is 24.0. The largest absolute Gasteiger partial charge is 0.401 e. The maximum Gasteiger partial charge on any atom is 0.401 e. The maximum absolute atomic E-state index is 12.5. The van der Waals surface area contributed by atoms with Crippen LogP contribution in [-0.2, 0) is 6.42 Å². The number of alkyl halides is 3. The number of halogens is 3. The Morgan fingerprint density at radius 1 is 1.20 bits per heavy atom. The Bertz CT molecular complexity index is 700. The van der Waals surface area contributed by atoms with Crippen LogP contribution in [0.15, 0.2) is 29.3 Å². The fourth-order valence-electron chi connectivity index (χ4n) is 3.64. The van der Waals surface area contributed by atoms with E-state index in [-0.39, 0.29) is 5.91 Å². The van der Waals surface area contributed by atoms with Crippen molar-refractivity contribution >= 4 is 11.9 Å². The molecule has 9 heteroatoms. The summed E-state index contributed by atoms with van der Waals surface area (Å²) in [6, 6.07) is 7.51. The number of amides is 1. The average Bonchev–Trinajstić information content (AvgIpc) is 2.72. The molecule has 1 fully saturated rings.